The van der Waals surface area contributed by atoms with Gasteiger partial charge in [-0.3, -0.25) is 4.79 Å². The predicted octanol–water partition coefficient (Wildman–Crippen LogP) is 3.39. The summed E-state index contributed by atoms with van der Waals surface area (Å²) in [7, 11) is 3.02. The molecule has 0 saturated carbocycles. The summed E-state index contributed by atoms with van der Waals surface area (Å²) in [5.41, 5.74) is 1.07. The SMILES string of the molecule is COc1ccc([C@H](C)NC(=O)COC(=O)c2cc(Cl)ccc2OC)cc1. The molecule has 138 valence electrons. The zero-order valence-electron chi connectivity index (χ0n) is 14.7. The summed E-state index contributed by atoms with van der Waals surface area (Å²) >= 11 is 5.89. The molecular weight excluding hydrogens is 358 g/mol. The third kappa shape index (κ3) is 5.13. The number of carbonyl (C=O) groups is 2. The van der Waals surface area contributed by atoms with Gasteiger partial charge < -0.3 is 19.5 Å². The minimum Gasteiger partial charge on any atom is -0.497 e. The normalized spacial score (nSPS) is 11.4. The summed E-state index contributed by atoms with van der Waals surface area (Å²) < 4.78 is 15.3. The number of carbonyl (C=O) groups excluding carboxylic acids is 2. The first-order chi connectivity index (χ1) is 12.4. The largest absolute Gasteiger partial charge is 0.497 e. The Kier molecular flexibility index (Phi) is 6.86. The summed E-state index contributed by atoms with van der Waals surface area (Å²) in [4.78, 5) is 24.2. The molecule has 2 rings (SSSR count). The van der Waals surface area contributed by atoms with E-state index in [1.807, 2.05) is 31.2 Å². The lowest BCUT2D eigenvalue weighted by molar-refractivity contribution is -0.124. The lowest BCUT2D eigenvalue weighted by atomic mass is 10.1. The maximum absolute atomic E-state index is 12.2. The average Bonchev–Trinajstić information content (AvgIpc) is 2.66. The van der Waals surface area contributed by atoms with Crippen LogP contribution in [0.25, 0.3) is 0 Å². The molecule has 7 heteroatoms. The number of rotatable bonds is 7. The van der Waals surface area contributed by atoms with Crippen LogP contribution in [0.3, 0.4) is 0 Å². The molecule has 0 fully saturated rings. The van der Waals surface area contributed by atoms with Gasteiger partial charge in [-0.15, -0.1) is 0 Å². The third-order valence-corrected chi connectivity index (χ3v) is 3.94. The van der Waals surface area contributed by atoms with Crippen molar-refractivity contribution in [1.82, 2.24) is 5.32 Å². The molecule has 0 aliphatic rings. The third-order valence-electron chi connectivity index (χ3n) is 3.71. The van der Waals surface area contributed by atoms with Crippen LogP contribution in [-0.4, -0.2) is 32.7 Å². The Hall–Kier alpha value is -2.73. The van der Waals surface area contributed by atoms with Crippen molar-refractivity contribution in [2.24, 2.45) is 0 Å². The first-order valence-electron chi connectivity index (χ1n) is 7.88. The maximum Gasteiger partial charge on any atom is 0.342 e. The van der Waals surface area contributed by atoms with E-state index >= 15 is 0 Å². The van der Waals surface area contributed by atoms with Crippen LogP contribution in [-0.2, 0) is 9.53 Å². The van der Waals surface area contributed by atoms with Crippen LogP contribution in [0.15, 0.2) is 42.5 Å². The van der Waals surface area contributed by atoms with Gasteiger partial charge in [0.2, 0.25) is 0 Å². The van der Waals surface area contributed by atoms with Crippen molar-refractivity contribution < 1.29 is 23.8 Å². The highest BCUT2D eigenvalue weighted by atomic mass is 35.5. The second-order valence-electron chi connectivity index (χ2n) is 5.48. The molecule has 0 saturated heterocycles. The van der Waals surface area contributed by atoms with Gasteiger partial charge in [-0.25, -0.2) is 4.79 Å². The number of halogens is 1. The Bertz CT molecular complexity index is 776. The smallest absolute Gasteiger partial charge is 0.342 e. The van der Waals surface area contributed by atoms with E-state index in [2.05, 4.69) is 5.32 Å². The van der Waals surface area contributed by atoms with Crippen LogP contribution in [0.2, 0.25) is 5.02 Å². The predicted molar refractivity (Wildman–Crippen MR) is 97.8 cm³/mol. The molecule has 0 radical (unpaired) electrons. The molecule has 1 amide bonds. The van der Waals surface area contributed by atoms with Crippen LogP contribution in [0.1, 0.15) is 28.9 Å². The average molecular weight is 378 g/mol. The number of hydrogen-bond donors (Lipinski definition) is 1. The van der Waals surface area contributed by atoms with E-state index < -0.39 is 18.5 Å². The second-order valence-corrected chi connectivity index (χ2v) is 5.92. The van der Waals surface area contributed by atoms with Gasteiger partial charge in [-0.1, -0.05) is 23.7 Å². The molecule has 0 aliphatic carbocycles. The lowest BCUT2D eigenvalue weighted by Gasteiger charge is -2.15. The Morgan fingerprint density at radius 2 is 1.77 bits per heavy atom. The van der Waals surface area contributed by atoms with Gasteiger partial charge in [-0.05, 0) is 42.8 Å². The standard InChI is InChI=1S/C19H20ClNO5/c1-12(13-4-7-15(24-2)8-5-13)21-18(22)11-26-19(23)16-10-14(20)6-9-17(16)25-3/h4-10,12H,11H2,1-3H3,(H,21,22)/t12-/m0/s1. The molecular formula is C19H20ClNO5. The molecule has 26 heavy (non-hydrogen) atoms. The number of methoxy groups -OCH3 is 2. The Labute approximate surface area is 157 Å². The first kappa shape index (κ1) is 19.6. The van der Waals surface area contributed by atoms with Gasteiger partial charge in [0.25, 0.3) is 5.91 Å². The zero-order valence-corrected chi connectivity index (χ0v) is 15.5. The van der Waals surface area contributed by atoms with Crippen molar-refractivity contribution in [1.29, 1.82) is 0 Å². The highest BCUT2D eigenvalue weighted by Crippen LogP contribution is 2.23. The van der Waals surface area contributed by atoms with E-state index in [9.17, 15) is 9.59 Å². The molecule has 0 spiro atoms. The van der Waals surface area contributed by atoms with Gasteiger partial charge >= 0.3 is 5.97 Å². The Balaban J connectivity index is 1.91. The molecule has 2 aromatic carbocycles. The van der Waals surface area contributed by atoms with Crippen LogP contribution in [0, 0.1) is 0 Å². The van der Waals surface area contributed by atoms with Crippen molar-refractivity contribution in [2.75, 3.05) is 20.8 Å². The molecule has 1 N–H and O–H groups in total. The highest BCUT2D eigenvalue weighted by Gasteiger charge is 2.17. The number of benzene rings is 2. The van der Waals surface area contributed by atoms with E-state index in [1.165, 1.54) is 13.2 Å². The molecule has 6 nitrogen and oxygen atoms in total. The molecule has 0 bridgehead atoms. The van der Waals surface area contributed by atoms with Gasteiger partial charge in [-0.2, -0.15) is 0 Å². The first-order valence-corrected chi connectivity index (χ1v) is 8.26. The molecule has 0 aliphatic heterocycles. The number of esters is 1. The summed E-state index contributed by atoms with van der Waals surface area (Å²) in [6.07, 6.45) is 0. The summed E-state index contributed by atoms with van der Waals surface area (Å²) in [6, 6.07) is 11.7. The van der Waals surface area contributed by atoms with E-state index in [1.54, 1.807) is 19.2 Å². The van der Waals surface area contributed by atoms with Crippen LogP contribution in [0.5, 0.6) is 11.5 Å². The molecule has 0 unspecified atom stereocenters. The summed E-state index contributed by atoms with van der Waals surface area (Å²) in [6.45, 7) is 1.43. The topological polar surface area (TPSA) is 73.9 Å². The van der Waals surface area contributed by atoms with Gasteiger partial charge in [0, 0.05) is 5.02 Å². The minimum absolute atomic E-state index is 0.163. The number of hydrogen-bond acceptors (Lipinski definition) is 5. The van der Waals surface area contributed by atoms with Gasteiger partial charge in [0.05, 0.1) is 20.3 Å². The van der Waals surface area contributed by atoms with E-state index in [-0.39, 0.29) is 11.6 Å². The van der Waals surface area contributed by atoms with E-state index in [0.717, 1.165) is 11.3 Å². The van der Waals surface area contributed by atoms with Crippen LogP contribution in [0.4, 0.5) is 0 Å². The second kappa shape index (κ2) is 9.10. The number of nitrogens with one attached hydrogen (secondary N) is 1. The van der Waals surface area contributed by atoms with Crippen molar-refractivity contribution in [2.45, 2.75) is 13.0 Å². The Morgan fingerprint density at radius 3 is 2.38 bits per heavy atom. The van der Waals surface area contributed by atoms with Crippen molar-refractivity contribution in [3.63, 3.8) is 0 Å². The van der Waals surface area contributed by atoms with Crippen molar-refractivity contribution >= 4 is 23.5 Å². The summed E-state index contributed by atoms with van der Waals surface area (Å²) in [5, 5.41) is 3.14. The molecule has 0 aromatic heterocycles. The Morgan fingerprint density at radius 1 is 1.08 bits per heavy atom. The number of amides is 1. The zero-order chi connectivity index (χ0) is 19.1. The van der Waals surface area contributed by atoms with Crippen LogP contribution < -0.4 is 14.8 Å². The van der Waals surface area contributed by atoms with Gasteiger partial charge in [0.1, 0.15) is 17.1 Å². The summed E-state index contributed by atoms with van der Waals surface area (Å²) in [5.74, 6) is -0.0395. The van der Waals surface area contributed by atoms with Crippen LogP contribution >= 0.6 is 11.6 Å². The van der Waals surface area contributed by atoms with E-state index in [4.69, 9.17) is 25.8 Å². The highest BCUT2D eigenvalue weighted by molar-refractivity contribution is 6.31. The maximum atomic E-state index is 12.2. The molecule has 0 heterocycles. The number of ether oxygens (including phenoxy) is 3. The molecule has 2 aromatic rings. The fourth-order valence-electron chi connectivity index (χ4n) is 2.31. The monoisotopic (exact) mass is 377 g/mol. The lowest BCUT2D eigenvalue weighted by Crippen LogP contribution is -2.31. The van der Waals surface area contributed by atoms with Crippen molar-refractivity contribution in [3.05, 3.63) is 58.6 Å². The minimum atomic E-state index is -0.684. The van der Waals surface area contributed by atoms with Crippen molar-refractivity contribution in [3.8, 4) is 11.5 Å². The fourth-order valence-corrected chi connectivity index (χ4v) is 2.48. The van der Waals surface area contributed by atoms with Gasteiger partial charge in [0.15, 0.2) is 6.61 Å². The van der Waals surface area contributed by atoms with E-state index in [0.29, 0.717) is 10.8 Å². The fraction of sp³-hybridized carbons (Fsp3) is 0.263. The molecule has 1 atom stereocenters. The quantitative estimate of drug-likeness (QED) is 0.748.